The van der Waals surface area contributed by atoms with Crippen molar-refractivity contribution in [3.05, 3.63) is 0 Å². The van der Waals surface area contributed by atoms with Crippen LogP contribution in [0.2, 0.25) is 0 Å². The summed E-state index contributed by atoms with van der Waals surface area (Å²) < 4.78 is 0. The average Bonchev–Trinajstić information content (AvgIpc) is 2.65. The van der Waals surface area contributed by atoms with Gasteiger partial charge in [0.05, 0.1) is 0 Å². The first-order valence-electron chi connectivity index (χ1n) is 11.8. The van der Waals surface area contributed by atoms with E-state index in [-0.39, 0.29) is 17.2 Å². The molecule has 0 aromatic rings. The Bertz CT molecular complexity index is 541. The third-order valence-electron chi connectivity index (χ3n) is 8.04. The molecule has 1 heterocycles. The summed E-state index contributed by atoms with van der Waals surface area (Å²) >= 11 is 0. The number of carbonyl (C=O) groups is 2. The van der Waals surface area contributed by atoms with Crippen LogP contribution in [0.1, 0.15) is 77.6 Å². The molecule has 5 aliphatic rings. The van der Waals surface area contributed by atoms with Crippen LogP contribution in [0.3, 0.4) is 0 Å². The zero-order valence-corrected chi connectivity index (χ0v) is 17.7. The van der Waals surface area contributed by atoms with Crippen LogP contribution in [0.15, 0.2) is 0 Å². The lowest BCUT2D eigenvalue weighted by Gasteiger charge is -2.55. The van der Waals surface area contributed by atoms with Gasteiger partial charge in [0.1, 0.15) is 0 Å². The summed E-state index contributed by atoms with van der Waals surface area (Å²) in [7, 11) is 0. The minimum Gasteiger partial charge on any atom is -0.356 e. The predicted octanol–water partition coefficient (Wildman–Crippen LogP) is 3.09. The number of rotatable bonds is 8. The first-order valence-corrected chi connectivity index (χ1v) is 11.8. The van der Waals surface area contributed by atoms with E-state index in [0.717, 1.165) is 56.5 Å². The molecule has 5 heteroatoms. The van der Waals surface area contributed by atoms with Crippen LogP contribution in [-0.2, 0) is 9.59 Å². The second-order valence-corrected chi connectivity index (χ2v) is 10.3. The van der Waals surface area contributed by atoms with E-state index in [1.807, 2.05) is 0 Å². The predicted molar refractivity (Wildman–Crippen MR) is 111 cm³/mol. The molecule has 158 valence electrons. The highest BCUT2D eigenvalue weighted by atomic mass is 16.2. The Morgan fingerprint density at radius 1 is 0.964 bits per heavy atom. The quantitative estimate of drug-likeness (QED) is 0.627. The van der Waals surface area contributed by atoms with Gasteiger partial charge in [-0.2, -0.15) is 0 Å². The van der Waals surface area contributed by atoms with E-state index >= 15 is 0 Å². The van der Waals surface area contributed by atoms with Crippen molar-refractivity contribution in [3.8, 4) is 0 Å². The van der Waals surface area contributed by atoms with Gasteiger partial charge < -0.3 is 15.5 Å². The number of hydrogen-bond acceptors (Lipinski definition) is 3. The first-order chi connectivity index (χ1) is 13.5. The molecule has 1 atom stereocenters. The van der Waals surface area contributed by atoms with Crippen molar-refractivity contribution in [1.29, 1.82) is 0 Å². The summed E-state index contributed by atoms with van der Waals surface area (Å²) in [6, 6.07) is 0.684. The fourth-order valence-electron chi connectivity index (χ4n) is 6.95. The zero-order chi connectivity index (χ0) is 19.6. The van der Waals surface area contributed by atoms with E-state index in [1.54, 1.807) is 0 Å². The molecule has 5 rings (SSSR count). The second-order valence-electron chi connectivity index (χ2n) is 10.3. The molecule has 1 aliphatic heterocycles. The van der Waals surface area contributed by atoms with Crippen molar-refractivity contribution < 1.29 is 9.59 Å². The standard InChI is InChI=1S/C23H39N3O2/c1-17-5-2-3-9-26(17)10-4-7-24-21(27)6-8-25-22(28)23-14-18-11-19(15-23)13-20(12-18)16-23/h17-20H,2-16H2,1H3,(H,24,27)(H,25,28). The minimum atomic E-state index is -0.101. The van der Waals surface area contributed by atoms with E-state index in [9.17, 15) is 9.59 Å². The average molecular weight is 390 g/mol. The van der Waals surface area contributed by atoms with Crippen molar-refractivity contribution in [2.75, 3.05) is 26.2 Å². The number of likely N-dealkylation sites (tertiary alicyclic amines) is 1. The number of nitrogens with zero attached hydrogens (tertiary/aromatic N) is 1. The Morgan fingerprint density at radius 3 is 2.29 bits per heavy atom. The third kappa shape index (κ3) is 4.55. The topological polar surface area (TPSA) is 61.4 Å². The van der Waals surface area contributed by atoms with Crippen LogP contribution in [0, 0.1) is 23.2 Å². The molecular formula is C23H39N3O2. The van der Waals surface area contributed by atoms with E-state index < -0.39 is 0 Å². The molecule has 0 radical (unpaired) electrons. The molecule has 5 nitrogen and oxygen atoms in total. The Morgan fingerprint density at radius 2 is 1.64 bits per heavy atom. The summed E-state index contributed by atoms with van der Waals surface area (Å²) in [6.07, 6.45) is 12.7. The largest absolute Gasteiger partial charge is 0.356 e. The van der Waals surface area contributed by atoms with E-state index in [1.165, 1.54) is 45.1 Å². The van der Waals surface area contributed by atoms with Gasteiger partial charge in [-0.1, -0.05) is 6.42 Å². The minimum absolute atomic E-state index is 0.0671. The highest BCUT2D eigenvalue weighted by Gasteiger charge is 2.54. The number of carbonyl (C=O) groups excluding carboxylic acids is 2. The highest BCUT2D eigenvalue weighted by molar-refractivity contribution is 5.84. The highest BCUT2D eigenvalue weighted by Crippen LogP contribution is 2.60. The molecule has 4 bridgehead atoms. The van der Waals surface area contributed by atoms with Crippen molar-refractivity contribution in [1.82, 2.24) is 15.5 Å². The van der Waals surface area contributed by atoms with Crippen LogP contribution in [0.25, 0.3) is 0 Å². The van der Waals surface area contributed by atoms with Crippen molar-refractivity contribution >= 4 is 11.8 Å². The molecule has 28 heavy (non-hydrogen) atoms. The van der Waals surface area contributed by atoms with Gasteiger partial charge in [0.2, 0.25) is 11.8 Å². The number of nitrogens with one attached hydrogen (secondary N) is 2. The summed E-state index contributed by atoms with van der Waals surface area (Å²) in [5.41, 5.74) is -0.101. The van der Waals surface area contributed by atoms with Gasteiger partial charge in [0.25, 0.3) is 0 Å². The van der Waals surface area contributed by atoms with Crippen molar-refractivity contribution in [2.45, 2.75) is 83.6 Å². The maximum absolute atomic E-state index is 12.9. The maximum Gasteiger partial charge on any atom is 0.226 e. The van der Waals surface area contributed by atoms with Crippen LogP contribution in [-0.4, -0.2) is 48.9 Å². The van der Waals surface area contributed by atoms with Crippen LogP contribution in [0.5, 0.6) is 0 Å². The molecule has 0 aromatic carbocycles. The lowest BCUT2D eigenvalue weighted by atomic mass is 9.49. The van der Waals surface area contributed by atoms with Crippen LogP contribution in [0.4, 0.5) is 0 Å². The number of piperidine rings is 1. The van der Waals surface area contributed by atoms with Gasteiger partial charge in [-0.05, 0) is 89.0 Å². The molecule has 1 saturated heterocycles. The smallest absolute Gasteiger partial charge is 0.226 e. The zero-order valence-electron chi connectivity index (χ0n) is 17.7. The summed E-state index contributed by atoms with van der Waals surface area (Å²) in [6.45, 7) is 5.81. The van der Waals surface area contributed by atoms with Crippen molar-refractivity contribution in [3.63, 3.8) is 0 Å². The normalized spacial score (nSPS) is 37.0. The molecule has 2 amide bonds. The fraction of sp³-hybridized carbons (Fsp3) is 0.913. The molecule has 1 unspecified atom stereocenters. The molecule has 0 spiro atoms. The lowest BCUT2D eigenvalue weighted by molar-refractivity contribution is -0.146. The Hall–Kier alpha value is -1.10. The molecule has 2 N–H and O–H groups in total. The maximum atomic E-state index is 12.9. The Balaban J connectivity index is 1.11. The SMILES string of the molecule is CC1CCCCN1CCCNC(=O)CCNC(=O)C12CC3CC(CC(C3)C1)C2. The Kier molecular flexibility index (Phi) is 6.29. The number of hydrogen-bond donors (Lipinski definition) is 2. The number of amides is 2. The van der Waals surface area contributed by atoms with Crippen molar-refractivity contribution in [2.24, 2.45) is 23.2 Å². The van der Waals surface area contributed by atoms with E-state index in [0.29, 0.717) is 19.0 Å². The Labute approximate surface area is 170 Å². The molecular weight excluding hydrogens is 350 g/mol. The molecule has 5 fully saturated rings. The second kappa shape index (κ2) is 8.73. The fourth-order valence-corrected chi connectivity index (χ4v) is 6.95. The monoisotopic (exact) mass is 389 g/mol. The van der Waals surface area contributed by atoms with Gasteiger partial charge in [0, 0.05) is 37.5 Å². The molecule has 0 aromatic heterocycles. The van der Waals surface area contributed by atoms with Gasteiger partial charge >= 0.3 is 0 Å². The van der Waals surface area contributed by atoms with Crippen LogP contribution >= 0.6 is 0 Å². The lowest BCUT2D eigenvalue weighted by Crippen LogP contribution is -2.53. The molecule has 4 aliphatic carbocycles. The van der Waals surface area contributed by atoms with Gasteiger partial charge in [-0.3, -0.25) is 9.59 Å². The molecule has 4 saturated carbocycles. The summed E-state index contributed by atoms with van der Waals surface area (Å²) in [4.78, 5) is 27.6. The summed E-state index contributed by atoms with van der Waals surface area (Å²) in [5.74, 6) is 2.64. The van der Waals surface area contributed by atoms with Gasteiger partial charge in [-0.25, -0.2) is 0 Å². The van der Waals surface area contributed by atoms with Gasteiger partial charge in [-0.15, -0.1) is 0 Å². The summed E-state index contributed by atoms with van der Waals surface area (Å²) in [5, 5.41) is 6.14. The van der Waals surface area contributed by atoms with Gasteiger partial charge in [0.15, 0.2) is 0 Å². The third-order valence-corrected chi connectivity index (χ3v) is 8.04. The van der Waals surface area contributed by atoms with Crippen LogP contribution < -0.4 is 10.6 Å². The first kappa shape index (κ1) is 20.2. The van der Waals surface area contributed by atoms with E-state index in [4.69, 9.17) is 0 Å². The van der Waals surface area contributed by atoms with E-state index in [2.05, 4.69) is 22.5 Å².